The number of fused-ring (bicyclic) bond motifs is 2. The molecule has 0 aliphatic heterocycles. The summed E-state index contributed by atoms with van der Waals surface area (Å²) < 4.78 is 0. The van der Waals surface area contributed by atoms with Gasteiger partial charge in [-0.15, -0.1) is 0 Å². The standard InChI is InChI=1S/C15H10O4/c16-7-10-8-3-1-5-11(17)13(8)15(19)14-9(10)4-2-6-12(14)18/h1-7,17-19H. The molecule has 0 spiro atoms. The van der Waals surface area contributed by atoms with Gasteiger partial charge in [0.05, 0.1) is 10.8 Å². The van der Waals surface area contributed by atoms with Crippen molar-refractivity contribution < 1.29 is 20.1 Å². The second-order valence-corrected chi connectivity index (χ2v) is 4.28. The van der Waals surface area contributed by atoms with Crippen LogP contribution in [0.15, 0.2) is 36.4 Å². The zero-order chi connectivity index (χ0) is 13.6. The molecule has 0 fully saturated rings. The molecule has 0 heterocycles. The average molecular weight is 254 g/mol. The highest BCUT2D eigenvalue weighted by molar-refractivity contribution is 6.18. The Bertz CT molecular complexity index is 758. The van der Waals surface area contributed by atoms with Gasteiger partial charge < -0.3 is 15.3 Å². The highest BCUT2D eigenvalue weighted by atomic mass is 16.3. The van der Waals surface area contributed by atoms with E-state index in [9.17, 15) is 20.1 Å². The van der Waals surface area contributed by atoms with E-state index in [1.54, 1.807) is 24.3 Å². The third-order valence-corrected chi connectivity index (χ3v) is 3.26. The number of aldehydes is 1. The van der Waals surface area contributed by atoms with Crippen molar-refractivity contribution >= 4 is 27.8 Å². The van der Waals surface area contributed by atoms with Crippen LogP contribution in [0, 0.1) is 0 Å². The Morgan fingerprint density at radius 2 is 1.26 bits per heavy atom. The van der Waals surface area contributed by atoms with E-state index in [0.717, 1.165) is 0 Å². The van der Waals surface area contributed by atoms with Crippen molar-refractivity contribution in [3.8, 4) is 17.2 Å². The highest BCUT2D eigenvalue weighted by Crippen LogP contribution is 2.44. The van der Waals surface area contributed by atoms with Crippen LogP contribution < -0.4 is 0 Å². The van der Waals surface area contributed by atoms with Crippen LogP contribution in [0.4, 0.5) is 0 Å². The van der Waals surface area contributed by atoms with Gasteiger partial charge >= 0.3 is 0 Å². The zero-order valence-electron chi connectivity index (χ0n) is 9.79. The number of hydrogen-bond acceptors (Lipinski definition) is 4. The normalized spacial score (nSPS) is 10.9. The summed E-state index contributed by atoms with van der Waals surface area (Å²) in [7, 11) is 0. The zero-order valence-corrected chi connectivity index (χ0v) is 9.79. The van der Waals surface area contributed by atoms with Crippen molar-refractivity contribution in [2.75, 3.05) is 0 Å². The molecule has 3 aromatic carbocycles. The Hall–Kier alpha value is -2.75. The lowest BCUT2D eigenvalue weighted by atomic mass is 9.95. The summed E-state index contributed by atoms with van der Waals surface area (Å²) in [6.45, 7) is 0. The molecule has 0 unspecified atom stereocenters. The summed E-state index contributed by atoms with van der Waals surface area (Å²) in [5.41, 5.74) is 0.328. The van der Waals surface area contributed by atoms with E-state index < -0.39 is 0 Å². The van der Waals surface area contributed by atoms with Crippen molar-refractivity contribution in [2.45, 2.75) is 0 Å². The molecule has 0 saturated carbocycles. The van der Waals surface area contributed by atoms with Crippen molar-refractivity contribution in [2.24, 2.45) is 0 Å². The van der Waals surface area contributed by atoms with E-state index >= 15 is 0 Å². The minimum absolute atomic E-state index is 0.136. The molecule has 3 rings (SSSR count). The summed E-state index contributed by atoms with van der Waals surface area (Å²) in [6.07, 6.45) is 0.656. The van der Waals surface area contributed by atoms with Crippen molar-refractivity contribution in [1.29, 1.82) is 0 Å². The first-order chi connectivity index (χ1) is 9.15. The maximum Gasteiger partial charge on any atom is 0.151 e. The van der Waals surface area contributed by atoms with Gasteiger partial charge in [-0.2, -0.15) is 0 Å². The van der Waals surface area contributed by atoms with Crippen LogP contribution in [0.2, 0.25) is 0 Å². The summed E-state index contributed by atoms with van der Waals surface area (Å²) in [5.74, 6) is -0.502. The Morgan fingerprint density at radius 3 is 1.68 bits per heavy atom. The number of phenolic OH excluding ortho intramolecular Hbond substituents is 3. The van der Waals surface area contributed by atoms with Crippen LogP contribution in [-0.4, -0.2) is 21.6 Å². The Morgan fingerprint density at radius 1 is 0.789 bits per heavy atom. The average Bonchev–Trinajstić information content (AvgIpc) is 2.39. The molecule has 3 N–H and O–H groups in total. The summed E-state index contributed by atoms with van der Waals surface area (Å²) in [4.78, 5) is 11.3. The molecule has 0 atom stereocenters. The van der Waals surface area contributed by atoms with Crippen LogP contribution in [0.5, 0.6) is 17.2 Å². The second-order valence-electron chi connectivity index (χ2n) is 4.28. The van der Waals surface area contributed by atoms with Gasteiger partial charge in [0.1, 0.15) is 17.2 Å². The monoisotopic (exact) mass is 254 g/mol. The van der Waals surface area contributed by atoms with E-state index in [1.165, 1.54) is 12.1 Å². The fraction of sp³-hybridized carbons (Fsp3) is 0. The third-order valence-electron chi connectivity index (χ3n) is 3.26. The van der Waals surface area contributed by atoms with Gasteiger partial charge in [0.25, 0.3) is 0 Å². The van der Waals surface area contributed by atoms with E-state index in [0.29, 0.717) is 22.6 Å². The minimum atomic E-state index is -0.230. The van der Waals surface area contributed by atoms with Gasteiger partial charge in [0.2, 0.25) is 0 Å². The Labute approximate surface area is 108 Å². The molecule has 0 amide bonds. The summed E-state index contributed by atoms with van der Waals surface area (Å²) in [6, 6.07) is 9.31. The third kappa shape index (κ3) is 1.43. The van der Waals surface area contributed by atoms with Gasteiger partial charge in [-0.3, -0.25) is 4.79 Å². The molecule has 0 saturated heterocycles. The van der Waals surface area contributed by atoms with Crippen molar-refractivity contribution in [3.63, 3.8) is 0 Å². The number of rotatable bonds is 1. The van der Waals surface area contributed by atoms with Crippen LogP contribution >= 0.6 is 0 Å². The number of carbonyl (C=O) groups is 1. The summed E-state index contributed by atoms with van der Waals surface area (Å²) in [5, 5.41) is 31.2. The molecule has 94 valence electrons. The molecular formula is C15H10O4. The van der Waals surface area contributed by atoms with Crippen LogP contribution in [0.25, 0.3) is 21.5 Å². The Balaban J connectivity index is 2.73. The molecule has 0 bridgehead atoms. The smallest absolute Gasteiger partial charge is 0.151 e. The topological polar surface area (TPSA) is 77.8 Å². The maximum absolute atomic E-state index is 11.3. The number of phenols is 3. The number of benzene rings is 3. The number of carbonyl (C=O) groups excluding carboxylic acids is 1. The Kier molecular flexibility index (Phi) is 2.32. The molecule has 3 aromatic rings. The molecule has 19 heavy (non-hydrogen) atoms. The first-order valence-corrected chi connectivity index (χ1v) is 5.68. The highest BCUT2D eigenvalue weighted by Gasteiger charge is 2.17. The van der Waals surface area contributed by atoms with Gasteiger partial charge in [-0.25, -0.2) is 0 Å². The molecule has 0 aliphatic rings. The van der Waals surface area contributed by atoms with Gasteiger partial charge in [-0.1, -0.05) is 24.3 Å². The van der Waals surface area contributed by atoms with Crippen molar-refractivity contribution in [1.82, 2.24) is 0 Å². The summed E-state index contributed by atoms with van der Waals surface area (Å²) >= 11 is 0. The fourth-order valence-corrected chi connectivity index (χ4v) is 2.42. The first-order valence-electron chi connectivity index (χ1n) is 5.68. The number of aromatic hydroxyl groups is 3. The maximum atomic E-state index is 11.3. The predicted molar refractivity (Wildman–Crippen MR) is 71.8 cm³/mol. The predicted octanol–water partition coefficient (Wildman–Crippen LogP) is 2.92. The van der Waals surface area contributed by atoms with Gasteiger partial charge in [-0.05, 0) is 12.1 Å². The van der Waals surface area contributed by atoms with Crippen LogP contribution in [-0.2, 0) is 0 Å². The lowest BCUT2D eigenvalue weighted by Crippen LogP contribution is -1.89. The fourth-order valence-electron chi connectivity index (χ4n) is 2.42. The van der Waals surface area contributed by atoms with Crippen LogP contribution in [0.3, 0.4) is 0 Å². The van der Waals surface area contributed by atoms with E-state index in [2.05, 4.69) is 0 Å². The van der Waals surface area contributed by atoms with E-state index in [4.69, 9.17) is 0 Å². The molecule has 4 heteroatoms. The van der Waals surface area contributed by atoms with Gasteiger partial charge in [0.15, 0.2) is 6.29 Å². The minimum Gasteiger partial charge on any atom is -0.507 e. The molecule has 0 radical (unpaired) electrons. The second kappa shape index (κ2) is 3.88. The van der Waals surface area contributed by atoms with Gasteiger partial charge in [0, 0.05) is 16.3 Å². The van der Waals surface area contributed by atoms with Crippen LogP contribution in [0.1, 0.15) is 10.4 Å². The van der Waals surface area contributed by atoms with Crippen molar-refractivity contribution in [3.05, 3.63) is 42.0 Å². The largest absolute Gasteiger partial charge is 0.507 e. The molecule has 4 nitrogen and oxygen atoms in total. The van der Waals surface area contributed by atoms with E-state index in [-0.39, 0.29) is 28.0 Å². The molecule has 0 aromatic heterocycles. The van der Waals surface area contributed by atoms with E-state index in [1.807, 2.05) is 0 Å². The number of hydrogen-bond donors (Lipinski definition) is 3. The first kappa shape index (κ1) is 11.3. The molecular weight excluding hydrogens is 244 g/mol. The SMILES string of the molecule is O=Cc1c2cccc(O)c2c(O)c2c(O)cccc12. The molecule has 0 aliphatic carbocycles. The lowest BCUT2D eigenvalue weighted by molar-refractivity contribution is 0.112. The lowest BCUT2D eigenvalue weighted by Gasteiger charge is -2.11. The quantitative estimate of drug-likeness (QED) is 0.461.